The summed E-state index contributed by atoms with van der Waals surface area (Å²) >= 11 is 0. The van der Waals surface area contributed by atoms with Crippen LogP contribution in [0.25, 0.3) is 0 Å². The van der Waals surface area contributed by atoms with Gasteiger partial charge in [-0.25, -0.2) is 0 Å². The lowest BCUT2D eigenvalue weighted by atomic mass is 9.95. The molecule has 92 valence electrons. The Bertz CT molecular complexity index is 426. The van der Waals surface area contributed by atoms with Crippen LogP contribution in [0.1, 0.15) is 19.4 Å². The molecule has 1 amide bonds. The number of carbonyl (C=O) groups is 1. The highest BCUT2D eigenvalue weighted by Gasteiger charge is 2.32. The van der Waals surface area contributed by atoms with Crippen molar-refractivity contribution in [1.29, 1.82) is 0 Å². The van der Waals surface area contributed by atoms with Crippen LogP contribution in [0.4, 0.5) is 5.69 Å². The van der Waals surface area contributed by atoms with Gasteiger partial charge in [0.25, 0.3) is 11.6 Å². The second-order valence-corrected chi connectivity index (χ2v) is 3.74. The molecule has 17 heavy (non-hydrogen) atoms. The first-order valence-electron chi connectivity index (χ1n) is 5.15. The summed E-state index contributed by atoms with van der Waals surface area (Å²) in [5.41, 5.74) is -1.46. The van der Waals surface area contributed by atoms with Gasteiger partial charge < -0.3 is 10.4 Å². The fraction of sp³-hybridized carbons (Fsp3) is 0.364. The van der Waals surface area contributed by atoms with E-state index in [0.717, 1.165) is 0 Å². The maximum absolute atomic E-state index is 11.6. The number of nitro benzene ring substituents is 1. The van der Waals surface area contributed by atoms with E-state index in [1.54, 1.807) is 6.92 Å². The van der Waals surface area contributed by atoms with Gasteiger partial charge in [-0.1, -0.05) is 0 Å². The summed E-state index contributed by atoms with van der Waals surface area (Å²) in [4.78, 5) is 21.5. The molecule has 1 unspecified atom stereocenters. The zero-order valence-electron chi connectivity index (χ0n) is 9.64. The Morgan fingerprint density at radius 1 is 1.47 bits per heavy atom. The number of non-ortho nitro benzene ring substituents is 1. The molecule has 1 atom stereocenters. The van der Waals surface area contributed by atoms with Crippen molar-refractivity contribution in [2.45, 2.75) is 19.4 Å². The third-order valence-electron chi connectivity index (χ3n) is 2.42. The fourth-order valence-corrected chi connectivity index (χ4v) is 1.37. The van der Waals surface area contributed by atoms with Crippen LogP contribution < -0.4 is 5.32 Å². The van der Waals surface area contributed by atoms with Gasteiger partial charge >= 0.3 is 0 Å². The number of nitrogens with zero attached hydrogens (tertiary/aromatic N) is 1. The Kier molecular flexibility index (Phi) is 3.80. The number of benzene rings is 1. The van der Waals surface area contributed by atoms with Gasteiger partial charge in [0, 0.05) is 18.7 Å². The lowest BCUT2D eigenvalue weighted by molar-refractivity contribution is -0.384. The van der Waals surface area contributed by atoms with E-state index in [-0.39, 0.29) is 5.69 Å². The number of rotatable bonds is 4. The predicted octanol–water partition coefficient (Wildman–Crippen LogP) is 0.938. The van der Waals surface area contributed by atoms with Crippen LogP contribution in [0.3, 0.4) is 0 Å². The van der Waals surface area contributed by atoms with Crippen LogP contribution in [-0.4, -0.2) is 22.5 Å². The number of likely N-dealkylation sites (N-methyl/N-ethyl adjacent to an activating group) is 1. The van der Waals surface area contributed by atoms with Crippen molar-refractivity contribution >= 4 is 11.6 Å². The van der Waals surface area contributed by atoms with Gasteiger partial charge in [0.05, 0.1) is 4.92 Å². The first-order valence-corrected chi connectivity index (χ1v) is 5.15. The Balaban J connectivity index is 2.99. The normalized spacial score (nSPS) is 13.8. The van der Waals surface area contributed by atoms with Gasteiger partial charge in [0.2, 0.25) is 0 Å². The smallest absolute Gasteiger partial charge is 0.269 e. The van der Waals surface area contributed by atoms with Crippen molar-refractivity contribution in [2.75, 3.05) is 6.54 Å². The van der Waals surface area contributed by atoms with Crippen molar-refractivity contribution in [3.63, 3.8) is 0 Å². The lowest BCUT2D eigenvalue weighted by Crippen LogP contribution is -2.42. The van der Waals surface area contributed by atoms with Gasteiger partial charge in [-0.3, -0.25) is 14.9 Å². The monoisotopic (exact) mass is 238 g/mol. The van der Waals surface area contributed by atoms with Gasteiger partial charge in [0.15, 0.2) is 5.60 Å². The van der Waals surface area contributed by atoms with Gasteiger partial charge in [-0.15, -0.1) is 0 Å². The maximum Gasteiger partial charge on any atom is 0.269 e. The topological polar surface area (TPSA) is 92.5 Å². The molecule has 0 bridgehead atoms. The van der Waals surface area contributed by atoms with Crippen LogP contribution in [-0.2, 0) is 10.4 Å². The van der Waals surface area contributed by atoms with Crippen LogP contribution >= 0.6 is 0 Å². The van der Waals surface area contributed by atoms with Gasteiger partial charge in [-0.2, -0.15) is 0 Å². The minimum Gasteiger partial charge on any atom is -0.376 e. The molecule has 6 heteroatoms. The fourth-order valence-electron chi connectivity index (χ4n) is 1.37. The number of nitro groups is 1. The number of hydrogen-bond acceptors (Lipinski definition) is 4. The molecule has 1 rings (SSSR count). The Labute approximate surface area is 98.4 Å². The molecule has 1 aromatic rings. The molecule has 0 saturated heterocycles. The molecule has 6 nitrogen and oxygen atoms in total. The number of aliphatic hydroxyl groups is 1. The highest BCUT2D eigenvalue weighted by atomic mass is 16.6. The minimum absolute atomic E-state index is 0.0829. The van der Waals surface area contributed by atoms with Crippen molar-refractivity contribution in [3.8, 4) is 0 Å². The van der Waals surface area contributed by atoms with E-state index in [1.165, 1.54) is 31.2 Å². The van der Waals surface area contributed by atoms with E-state index in [1.807, 2.05) is 0 Å². The number of nitrogens with one attached hydrogen (secondary N) is 1. The number of carbonyl (C=O) groups excluding carboxylic acids is 1. The molecule has 0 saturated carbocycles. The van der Waals surface area contributed by atoms with Crippen molar-refractivity contribution in [2.24, 2.45) is 0 Å². The third kappa shape index (κ3) is 2.79. The summed E-state index contributed by atoms with van der Waals surface area (Å²) in [7, 11) is 0. The highest BCUT2D eigenvalue weighted by Crippen LogP contribution is 2.23. The van der Waals surface area contributed by atoms with Crippen LogP contribution in [0.15, 0.2) is 24.3 Å². The number of hydrogen-bond donors (Lipinski definition) is 2. The molecule has 0 aromatic heterocycles. The van der Waals surface area contributed by atoms with Crippen molar-refractivity contribution in [3.05, 3.63) is 39.9 Å². The molecule has 2 N–H and O–H groups in total. The SMILES string of the molecule is CCNC(=O)C(C)(O)c1ccc([N+](=O)[O-])cc1. The second-order valence-electron chi connectivity index (χ2n) is 3.74. The first kappa shape index (κ1) is 13.1. The predicted molar refractivity (Wildman–Crippen MR) is 61.4 cm³/mol. The van der Waals surface area contributed by atoms with E-state index in [4.69, 9.17) is 0 Å². The lowest BCUT2D eigenvalue weighted by Gasteiger charge is -2.22. The summed E-state index contributed by atoms with van der Waals surface area (Å²) in [6.07, 6.45) is 0. The molecule has 1 aromatic carbocycles. The molecule has 0 aliphatic carbocycles. The van der Waals surface area contributed by atoms with E-state index >= 15 is 0 Å². The first-order chi connectivity index (χ1) is 7.89. The molecule has 0 radical (unpaired) electrons. The average Bonchev–Trinajstić information content (AvgIpc) is 2.29. The molecular formula is C11H14N2O4. The molecule has 0 fully saturated rings. The maximum atomic E-state index is 11.6. The summed E-state index contributed by atoms with van der Waals surface area (Å²) in [6.45, 7) is 3.49. The van der Waals surface area contributed by atoms with E-state index in [9.17, 15) is 20.0 Å². The van der Waals surface area contributed by atoms with Crippen LogP contribution in [0, 0.1) is 10.1 Å². The van der Waals surface area contributed by atoms with Crippen LogP contribution in [0.2, 0.25) is 0 Å². The summed E-state index contributed by atoms with van der Waals surface area (Å²) in [6, 6.07) is 5.24. The molecular weight excluding hydrogens is 224 g/mol. The van der Waals surface area contributed by atoms with E-state index < -0.39 is 16.4 Å². The zero-order valence-corrected chi connectivity index (χ0v) is 9.64. The summed E-state index contributed by atoms with van der Waals surface area (Å²) in [5, 5.41) is 23.0. The average molecular weight is 238 g/mol. The Morgan fingerprint density at radius 2 is 2.00 bits per heavy atom. The molecule has 0 aliphatic heterocycles. The van der Waals surface area contributed by atoms with E-state index in [0.29, 0.717) is 12.1 Å². The van der Waals surface area contributed by atoms with Crippen molar-refractivity contribution in [1.82, 2.24) is 5.32 Å². The highest BCUT2D eigenvalue weighted by molar-refractivity contribution is 5.85. The zero-order chi connectivity index (χ0) is 13.1. The molecule has 0 aliphatic rings. The van der Waals surface area contributed by atoms with Gasteiger partial charge in [-0.05, 0) is 31.5 Å². The second kappa shape index (κ2) is 4.92. The third-order valence-corrected chi connectivity index (χ3v) is 2.42. The van der Waals surface area contributed by atoms with Gasteiger partial charge in [0.1, 0.15) is 0 Å². The number of amides is 1. The quantitative estimate of drug-likeness (QED) is 0.603. The minimum atomic E-state index is -1.69. The summed E-state index contributed by atoms with van der Waals surface area (Å²) < 4.78 is 0. The van der Waals surface area contributed by atoms with Crippen molar-refractivity contribution < 1.29 is 14.8 Å². The molecule has 0 heterocycles. The van der Waals surface area contributed by atoms with E-state index in [2.05, 4.69) is 5.32 Å². The summed E-state index contributed by atoms with van der Waals surface area (Å²) in [5.74, 6) is -0.533. The van der Waals surface area contributed by atoms with Crippen LogP contribution in [0.5, 0.6) is 0 Å². The molecule has 0 spiro atoms. The Hall–Kier alpha value is -1.95. The Morgan fingerprint density at radius 3 is 2.41 bits per heavy atom. The standard InChI is InChI=1S/C11H14N2O4/c1-3-12-10(14)11(2,15)8-4-6-9(7-5-8)13(16)17/h4-7,15H,3H2,1-2H3,(H,12,14). The largest absolute Gasteiger partial charge is 0.376 e.